The van der Waals surface area contributed by atoms with Crippen LogP contribution < -0.4 is 14.7 Å². The average molecular weight is 1690 g/mol. The molecule has 0 atom stereocenters. The van der Waals surface area contributed by atoms with Crippen molar-refractivity contribution in [3.05, 3.63) is 507 Å². The van der Waals surface area contributed by atoms with Gasteiger partial charge in [-0.3, -0.25) is 0 Å². The molecule has 0 saturated heterocycles. The number of aryl methyl sites for hydroxylation is 2. The molecule has 0 saturated carbocycles. The maximum Gasteiger partial charge on any atom is 0.0541 e. The summed E-state index contributed by atoms with van der Waals surface area (Å²) in [5.74, 6) is 0. The lowest BCUT2D eigenvalue weighted by molar-refractivity contribution is 0.660. The molecule has 0 unspecified atom stereocenters. The van der Waals surface area contributed by atoms with Crippen LogP contribution in [-0.2, 0) is 10.8 Å². The van der Waals surface area contributed by atoms with Crippen LogP contribution >= 0.6 is 0 Å². The van der Waals surface area contributed by atoms with Gasteiger partial charge in [-0.25, -0.2) is 0 Å². The molecule has 23 aromatic rings. The van der Waals surface area contributed by atoms with Gasteiger partial charge in [0.15, 0.2) is 0 Å². The summed E-state index contributed by atoms with van der Waals surface area (Å²) in [6.45, 7) is 13.7. The van der Waals surface area contributed by atoms with Gasteiger partial charge >= 0.3 is 0 Å². The molecular formula is C128H96N4. The number of hydrogen-bond acceptors (Lipinski definition) is 3. The van der Waals surface area contributed by atoms with Crippen molar-refractivity contribution in [2.24, 2.45) is 0 Å². The Morgan fingerprint density at radius 2 is 0.462 bits per heavy atom. The van der Waals surface area contributed by atoms with Gasteiger partial charge < -0.3 is 19.3 Å². The van der Waals surface area contributed by atoms with E-state index >= 15 is 0 Å². The quantitative estimate of drug-likeness (QED) is 0.107. The minimum atomic E-state index is -0.132. The predicted octanol–water partition coefficient (Wildman–Crippen LogP) is 35.7. The molecule has 1 heterocycles. The standard InChI is InChI=1S/C44H30N2.C43H35N.C41H31N/c1-2-11-31(12-3-1)32-23-26-35(27-24-32)45(38-28-25-34-22-21-33-13-4-5-16-39(33)42(34)30-38)36-14-10-15-37(29-36)46-43-19-8-6-17-40(43)41-18-7-9-20-44(41)46;1-28-9-18-34(19-10-28)44(35-20-11-29(2)12-21-35)36-22-24-39-38-23-17-33(26-41(38)43(3,4)42(39)27-36)32-16-15-31-14-13-30-7-5-6-8-37(30)40(31)25-32;1-41(2)39-15-9-8-14-36(39)37-25-24-34(27-40(37)41)42(32-21-18-29(19-22-32)28-10-4-3-5-11-28)33-23-20-31-17-16-30-12-6-7-13-35(30)38(31)26-33/h1-30H;5-27H,1-4H3;3-27H,1-2H3. The van der Waals surface area contributed by atoms with Gasteiger partial charge in [0.25, 0.3) is 0 Å². The molecule has 25 rings (SSSR count). The van der Waals surface area contributed by atoms with Gasteiger partial charge in [-0.15, -0.1) is 0 Å². The van der Waals surface area contributed by atoms with E-state index in [1.165, 1.54) is 198 Å². The normalized spacial score (nSPS) is 12.6. The van der Waals surface area contributed by atoms with Crippen LogP contribution in [0.3, 0.4) is 0 Å². The van der Waals surface area contributed by atoms with Crippen molar-refractivity contribution in [1.82, 2.24) is 4.57 Å². The van der Waals surface area contributed by atoms with E-state index in [1.807, 2.05) is 0 Å². The van der Waals surface area contributed by atoms with E-state index in [1.54, 1.807) is 0 Å². The highest BCUT2D eigenvalue weighted by atomic mass is 15.2. The Morgan fingerprint density at radius 1 is 0.174 bits per heavy atom. The summed E-state index contributed by atoms with van der Waals surface area (Å²) >= 11 is 0. The number of hydrogen-bond donors (Lipinski definition) is 0. The average Bonchev–Trinajstić information content (AvgIpc) is 1.57. The molecule has 0 bridgehead atoms. The minimum Gasteiger partial charge on any atom is -0.310 e. The molecule has 22 aromatic carbocycles. The zero-order valence-corrected chi connectivity index (χ0v) is 74.8. The fourth-order valence-electron chi connectivity index (χ4n) is 20.9. The lowest BCUT2D eigenvalue weighted by atomic mass is 9.81. The van der Waals surface area contributed by atoms with Gasteiger partial charge in [0.1, 0.15) is 0 Å². The third-order valence-corrected chi connectivity index (χ3v) is 27.8. The third-order valence-electron chi connectivity index (χ3n) is 27.8. The number of fused-ring (bicyclic) bond motifs is 18. The van der Waals surface area contributed by atoms with Crippen LogP contribution in [0.2, 0.25) is 0 Å². The van der Waals surface area contributed by atoms with E-state index < -0.39 is 0 Å². The van der Waals surface area contributed by atoms with E-state index in [2.05, 4.69) is 534 Å². The van der Waals surface area contributed by atoms with E-state index in [-0.39, 0.29) is 10.8 Å². The van der Waals surface area contributed by atoms with Crippen molar-refractivity contribution in [2.75, 3.05) is 14.7 Å². The first-order valence-electron chi connectivity index (χ1n) is 46.0. The number of aromatic nitrogens is 1. The van der Waals surface area contributed by atoms with E-state index in [4.69, 9.17) is 0 Å². The number of benzene rings is 22. The number of nitrogens with zero attached hydrogens (tertiary/aromatic N) is 4. The monoisotopic (exact) mass is 1690 g/mol. The molecule has 0 radical (unpaired) electrons. The van der Waals surface area contributed by atoms with Crippen LogP contribution in [0.4, 0.5) is 51.2 Å². The molecule has 628 valence electrons. The van der Waals surface area contributed by atoms with Crippen molar-refractivity contribution in [2.45, 2.75) is 52.4 Å². The van der Waals surface area contributed by atoms with Crippen molar-refractivity contribution < 1.29 is 0 Å². The number of para-hydroxylation sites is 2. The fourth-order valence-corrected chi connectivity index (χ4v) is 20.9. The SMILES string of the molecule is CC1(C)c2ccccc2-c2ccc(N(c3ccc(-c4ccccc4)cc3)c3ccc4ccc5ccccc5c4c3)cc21.Cc1ccc(N(c2ccc(C)cc2)c2ccc3c(c2)C(C)(C)c2cc(-c4ccc5ccc6ccccc6c5c4)ccc2-3)cc1.c1ccc(-c2ccc(N(c3cccc(-n4c5ccccc5c5ccccc54)c3)c3ccc4ccc5ccccc5c4c3)cc2)cc1. The second-order valence-corrected chi connectivity index (χ2v) is 36.5. The predicted molar refractivity (Wildman–Crippen MR) is 564 cm³/mol. The third kappa shape index (κ3) is 14.4. The summed E-state index contributed by atoms with van der Waals surface area (Å²) < 4.78 is 2.39. The summed E-state index contributed by atoms with van der Waals surface area (Å²) in [5, 5.41) is 17.8. The molecule has 0 N–H and O–H groups in total. The number of anilines is 9. The van der Waals surface area contributed by atoms with Gasteiger partial charge in [-0.05, 0) is 296 Å². The Hall–Kier alpha value is -16.4. The van der Waals surface area contributed by atoms with Crippen LogP contribution in [0.5, 0.6) is 0 Å². The van der Waals surface area contributed by atoms with E-state index in [0.717, 1.165) is 34.1 Å². The molecular weight excluding hydrogens is 1590 g/mol. The zero-order valence-electron chi connectivity index (χ0n) is 74.8. The maximum atomic E-state index is 2.43. The van der Waals surface area contributed by atoms with E-state index in [9.17, 15) is 0 Å². The first-order chi connectivity index (χ1) is 64.8. The Balaban J connectivity index is 0.000000112. The highest BCUT2D eigenvalue weighted by Crippen LogP contribution is 2.55. The molecule has 4 heteroatoms. The molecule has 0 amide bonds. The summed E-state index contributed by atoms with van der Waals surface area (Å²) in [7, 11) is 0. The zero-order chi connectivity index (χ0) is 88.7. The Morgan fingerprint density at radius 3 is 0.932 bits per heavy atom. The smallest absolute Gasteiger partial charge is 0.0541 e. The molecule has 132 heavy (non-hydrogen) atoms. The summed E-state index contributed by atoms with van der Waals surface area (Å²) in [6.07, 6.45) is 0. The summed E-state index contributed by atoms with van der Waals surface area (Å²) in [5.41, 5.74) is 34.4. The topological polar surface area (TPSA) is 14.7 Å². The van der Waals surface area contributed by atoms with Crippen molar-refractivity contribution in [3.63, 3.8) is 0 Å². The van der Waals surface area contributed by atoms with Crippen LogP contribution in [0.1, 0.15) is 61.1 Å². The molecule has 0 fully saturated rings. The summed E-state index contributed by atoms with van der Waals surface area (Å²) in [6, 6.07) is 173. The Kier molecular flexibility index (Phi) is 20.1. The Bertz CT molecular complexity index is 8290. The first kappa shape index (κ1) is 80.2. The Labute approximate surface area is 771 Å². The van der Waals surface area contributed by atoms with Crippen molar-refractivity contribution in [1.29, 1.82) is 0 Å². The first-order valence-corrected chi connectivity index (χ1v) is 46.0. The van der Waals surface area contributed by atoms with Crippen molar-refractivity contribution in [3.8, 4) is 61.3 Å². The maximum absolute atomic E-state index is 2.43. The van der Waals surface area contributed by atoms with Gasteiger partial charge in [0.05, 0.1) is 11.0 Å². The van der Waals surface area contributed by atoms with Crippen LogP contribution in [0.15, 0.2) is 473 Å². The number of rotatable bonds is 13. The molecule has 1 aromatic heterocycles. The largest absolute Gasteiger partial charge is 0.310 e. The van der Waals surface area contributed by atoms with Crippen molar-refractivity contribution >= 4 is 138 Å². The second kappa shape index (κ2) is 33.0. The van der Waals surface area contributed by atoms with Crippen LogP contribution in [0, 0.1) is 13.8 Å². The van der Waals surface area contributed by atoms with Gasteiger partial charge in [0.2, 0.25) is 0 Å². The molecule has 2 aliphatic carbocycles. The molecule has 4 nitrogen and oxygen atoms in total. The fraction of sp³-hybridized carbons (Fsp3) is 0.0625. The van der Waals surface area contributed by atoms with Gasteiger partial charge in [-0.1, -0.05) is 372 Å². The lowest BCUT2D eigenvalue weighted by Gasteiger charge is -2.28. The highest BCUT2D eigenvalue weighted by Gasteiger charge is 2.38. The van der Waals surface area contributed by atoms with Crippen LogP contribution in [0.25, 0.3) is 148 Å². The molecule has 2 aliphatic rings. The lowest BCUT2D eigenvalue weighted by Crippen LogP contribution is -2.16. The second-order valence-electron chi connectivity index (χ2n) is 36.5. The summed E-state index contributed by atoms with van der Waals surface area (Å²) in [4.78, 5) is 7.17. The molecule has 0 aliphatic heterocycles. The van der Waals surface area contributed by atoms with Gasteiger partial charge in [0, 0.05) is 78.5 Å². The van der Waals surface area contributed by atoms with Crippen LogP contribution in [-0.4, -0.2) is 4.57 Å². The van der Waals surface area contributed by atoms with E-state index in [0.29, 0.717) is 0 Å². The minimum absolute atomic E-state index is 0.0651. The van der Waals surface area contributed by atoms with Gasteiger partial charge in [-0.2, -0.15) is 0 Å². The highest BCUT2D eigenvalue weighted by molar-refractivity contribution is 6.13. The molecule has 0 spiro atoms.